The van der Waals surface area contributed by atoms with Crippen LogP contribution in [-0.4, -0.2) is 6.36 Å². The zero-order valence-electron chi connectivity index (χ0n) is 11.3. The quantitative estimate of drug-likeness (QED) is 0.636. The maximum Gasteiger partial charge on any atom is 0.573 e. The molecule has 0 aliphatic carbocycles. The zero-order valence-corrected chi connectivity index (χ0v) is 11.3. The van der Waals surface area contributed by atoms with Gasteiger partial charge in [0.05, 0.1) is 6.26 Å². The first-order valence-corrected chi connectivity index (χ1v) is 6.52. The lowest BCUT2D eigenvalue weighted by Crippen LogP contribution is -2.16. The number of benzene rings is 2. The minimum Gasteiger partial charge on any atom is -0.464 e. The van der Waals surface area contributed by atoms with Gasteiger partial charge in [-0.1, -0.05) is 36.4 Å². The third-order valence-electron chi connectivity index (χ3n) is 3.11. The van der Waals surface area contributed by atoms with E-state index in [1.54, 1.807) is 24.5 Å². The maximum absolute atomic E-state index is 12.2. The van der Waals surface area contributed by atoms with E-state index in [-0.39, 0.29) is 5.75 Å². The summed E-state index contributed by atoms with van der Waals surface area (Å²) in [5.74, 6) is 0.456. The molecule has 112 valence electrons. The highest BCUT2D eigenvalue weighted by Gasteiger charge is 2.30. The van der Waals surface area contributed by atoms with Crippen LogP contribution in [-0.2, 0) is 0 Å². The first-order valence-electron chi connectivity index (χ1n) is 6.52. The van der Waals surface area contributed by atoms with Gasteiger partial charge in [-0.3, -0.25) is 0 Å². The van der Waals surface area contributed by atoms with Gasteiger partial charge in [0.1, 0.15) is 11.5 Å². The van der Waals surface area contributed by atoms with Crippen LogP contribution < -0.4 is 4.74 Å². The Hall–Kier alpha value is -2.69. The summed E-state index contributed by atoms with van der Waals surface area (Å²) in [5.41, 5.74) is 2.52. The fourth-order valence-electron chi connectivity index (χ4n) is 2.22. The number of halogens is 3. The normalized spacial score (nSPS) is 11.4. The number of rotatable bonds is 3. The van der Waals surface area contributed by atoms with Crippen molar-refractivity contribution < 1.29 is 22.3 Å². The highest BCUT2D eigenvalue weighted by molar-refractivity contribution is 5.81. The predicted molar refractivity (Wildman–Crippen MR) is 76.3 cm³/mol. The molecule has 0 spiro atoms. The first-order chi connectivity index (χ1) is 10.5. The molecule has 22 heavy (non-hydrogen) atoms. The minimum absolute atomic E-state index is 0.244. The van der Waals surface area contributed by atoms with Gasteiger partial charge in [0.15, 0.2) is 0 Å². The van der Waals surface area contributed by atoms with Gasteiger partial charge in [-0.25, -0.2) is 0 Å². The SMILES string of the molecule is FC(F)(F)Oc1ccc(-c2ccccc2-c2ccco2)cc1. The molecule has 3 rings (SSSR count). The lowest BCUT2D eigenvalue weighted by Gasteiger charge is -2.11. The number of ether oxygens (including phenoxy) is 1. The molecule has 0 aliphatic rings. The third kappa shape index (κ3) is 3.14. The van der Waals surface area contributed by atoms with E-state index in [0.717, 1.165) is 16.7 Å². The van der Waals surface area contributed by atoms with Crippen molar-refractivity contribution in [1.29, 1.82) is 0 Å². The van der Waals surface area contributed by atoms with Crippen LogP contribution in [0.1, 0.15) is 0 Å². The Kier molecular flexibility index (Phi) is 3.63. The van der Waals surface area contributed by atoms with Gasteiger partial charge in [-0.15, -0.1) is 13.2 Å². The molecule has 0 bridgehead atoms. The van der Waals surface area contributed by atoms with Crippen molar-refractivity contribution >= 4 is 0 Å². The molecule has 0 aliphatic heterocycles. The summed E-state index contributed by atoms with van der Waals surface area (Å²) in [7, 11) is 0. The van der Waals surface area contributed by atoms with E-state index in [0.29, 0.717) is 5.76 Å². The molecule has 2 aromatic carbocycles. The fraction of sp³-hybridized carbons (Fsp3) is 0.0588. The molecule has 1 heterocycles. The molecule has 2 nitrogen and oxygen atoms in total. The Balaban J connectivity index is 1.95. The molecule has 0 atom stereocenters. The third-order valence-corrected chi connectivity index (χ3v) is 3.11. The van der Waals surface area contributed by atoms with Crippen molar-refractivity contribution in [1.82, 2.24) is 0 Å². The highest BCUT2D eigenvalue weighted by Crippen LogP contribution is 2.33. The molecule has 0 unspecified atom stereocenters. The van der Waals surface area contributed by atoms with Crippen LogP contribution in [0.2, 0.25) is 0 Å². The Morgan fingerprint density at radius 1 is 0.773 bits per heavy atom. The average Bonchev–Trinajstić information content (AvgIpc) is 3.00. The Labute approximate surface area is 124 Å². The van der Waals surface area contributed by atoms with E-state index in [2.05, 4.69) is 4.74 Å². The summed E-state index contributed by atoms with van der Waals surface area (Å²) < 4.78 is 45.8. The van der Waals surface area contributed by atoms with Crippen LogP contribution >= 0.6 is 0 Å². The smallest absolute Gasteiger partial charge is 0.464 e. The van der Waals surface area contributed by atoms with Crippen molar-refractivity contribution in [3.8, 4) is 28.2 Å². The van der Waals surface area contributed by atoms with Crippen molar-refractivity contribution in [3.05, 3.63) is 66.9 Å². The predicted octanol–water partition coefficient (Wildman–Crippen LogP) is 5.51. The standard InChI is InChI=1S/C17H11F3O2/c18-17(19,20)22-13-9-7-12(8-10-13)14-4-1-2-5-15(14)16-6-3-11-21-16/h1-11H. The van der Waals surface area contributed by atoms with Crippen LogP contribution in [0.3, 0.4) is 0 Å². The molecular formula is C17H11F3O2. The Morgan fingerprint density at radius 3 is 2.05 bits per heavy atom. The van der Waals surface area contributed by atoms with Gasteiger partial charge in [0.25, 0.3) is 0 Å². The van der Waals surface area contributed by atoms with E-state index in [1.165, 1.54) is 12.1 Å². The van der Waals surface area contributed by atoms with Crippen LogP contribution in [0.4, 0.5) is 13.2 Å². The van der Waals surface area contributed by atoms with Crippen molar-refractivity contribution in [2.75, 3.05) is 0 Å². The van der Waals surface area contributed by atoms with Crippen LogP contribution in [0.25, 0.3) is 22.5 Å². The molecule has 0 saturated heterocycles. The summed E-state index contributed by atoms with van der Waals surface area (Å²) in [6.45, 7) is 0. The van der Waals surface area contributed by atoms with Gasteiger partial charge >= 0.3 is 6.36 Å². The topological polar surface area (TPSA) is 22.4 Å². The second kappa shape index (κ2) is 5.60. The van der Waals surface area contributed by atoms with E-state index >= 15 is 0 Å². The van der Waals surface area contributed by atoms with Gasteiger partial charge in [-0.05, 0) is 35.4 Å². The number of alkyl halides is 3. The summed E-state index contributed by atoms with van der Waals surface area (Å²) in [4.78, 5) is 0. The molecule has 0 radical (unpaired) electrons. The molecule has 0 saturated carbocycles. The maximum atomic E-state index is 12.2. The molecule has 0 fully saturated rings. The van der Waals surface area contributed by atoms with E-state index < -0.39 is 6.36 Å². The monoisotopic (exact) mass is 304 g/mol. The Morgan fingerprint density at radius 2 is 1.45 bits per heavy atom. The van der Waals surface area contributed by atoms with E-state index in [4.69, 9.17) is 4.42 Å². The van der Waals surface area contributed by atoms with Gasteiger partial charge in [0.2, 0.25) is 0 Å². The molecule has 3 aromatic rings. The number of furan rings is 1. The first kappa shape index (κ1) is 14.3. The highest BCUT2D eigenvalue weighted by atomic mass is 19.4. The van der Waals surface area contributed by atoms with Crippen LogP contribution in [0, 0.1) is 0 Å². The summed E-state index contributed by atoms with van der Waals surface area (Å²) in [6.07, 6.45) is -3.11. The van der Waals surface area contributed by atoms with Gasteiger partial charge < -0.3 is 9.15 Å². The van der Waals surface area contributed by atoms with Crippen molar-refractivity contribution in [2.45, 2.75) is 6.36 Å². The van der Waals surface area contributed by atoms with E-state index in [9.17, 15) is 13.2 Å². The summed E-state index contributed by atoms with van der Waals surface area (Å²) >= 11 is 0. The van der Waals surface area contributed by atoms with Crippen LogP contribution in [0.5, 0.6) is 5.75 Å². The lowest BCUT2D eigenvalue weighted by molar-refractivity contribution is -0.274. The van der Waals surface area contributed by atoms with Crippen LogP contribution in [0.15, 0.2) is 71.3 Å². The van der Waals surface area contributed by atoms with Crippen molar-refractivity contribution in [2.24, 2.45) is 0 Å². The minimum atomic E-state index is -4.69. The lowest BCUT2D eigenvalue weighted by atomic mass is 9.98. The summed E-state index contributed by atoms with van der Waals surface area (Å²) in [6, 6.07) is 16.9. The zero-order chi connectivity index (χ0) is 15.6. The molecular weight excluding hydrogens is 293 g/mol. The fourth-order valence-corrected chi connectivity index (χ4v) is 2.22. The van der Waals surface area contributed by atoms with E-state index in [1.807, 2.05) is 30.3 Å². The second-order valence-electron chi connectivity index (χ2n) is 4.60. The average molecular weight is 304 g/mol. The molecule has 0 amide bonds. The largest absolute Gasteiger partial charge is 0.573 e. The van der Waals surface area contributed by atoms with Gasteiger partial charge in [-0.2, -0.15) is 0 Å². The molecule has 5 heteroatoms. The number of hydrogen-bond donors (Lipinski definition) is 0. The number of hydrogen-bond acceptors (Lipinski definition) is 2. The van der Waals surface area contributed by atoms with Crippen molar-refractivity contribution in [3.63, 3.8) is 0 Å². The molecule has 0 N–H and O–H groups in total. The molecule has 1 aromatic heterocycles. The second-order valence-corrected chi connectivity index (χ2v) is 4.60. The van der Waals surface area contributed by atoms with Gasteiger partial charge in [0, 0.05) is 5.56 Å². The summed E-state index contributed by atoms with van der Waals surface area (Å²) in [5, 5.41) is 0. The Bertz CT molecular complexity index is 744.